The number of rotatable bonds is 11. The first-order valence-electron chi connectivity index (χ1n) is 7.69. The summed E-state index contributed by atoms with van der Waals surface area (Å²) in [5.41, 5.74) is 0. The van der Waals surface area contributed by atoms with Gasteiger partial charge in [0.05, 0.1) is 0 Å². The summed E-state index contributed by atoms with van der Waals surface area (Å²) >= 11 is 0. The second kappa shape index (κ2) is 11.6. The van der Waals surface area contributed by atoms with Gasteiger partial charge in [0.15, 0.2) is 0 Å². The number of unbranched alkanes of at least 4 members (excludes halogenated alkanes) is 3. The van der Waals surface area contributed by atoms with Crippen LogP contribution < -0.4 is 10.6 Å². The molecule has 0 fully saturated rings. The van der Waals surface area contributed by atoms with Crippen LogP contribution in [-0.4, -0.2) is 30.2 Å². The van der Waals surface area contributed by atoms with Crippen LogP contribution in [0.25, 0.3) is 0 Å². The lowest BCUT2D eigenvalue weighted by Crippen LogP contribution is -2.39. The fraction of sp³-hybridized carbons (Fsp3) is 0.867. The van der Waals surface area contributed by atoms with Crippen LogP contribution in [0.1, 0.15) is 59.3 Å². The summed E-state index contributed by atoms with van der Waals surface area (Å²) in [7, 11) is 0. The number of nitrogens with one attached hydrogen (secondary N) is 2. The standard InChI is InChI=1S/C15H30N2O3/c1-4-5-6-7-8-16-15(20)17-11-13(9-12(2)3)10-14(18)19/h12-13H,4-11H2,1-3H3,(H,18,19)(H2,16,17,20)/t13-/m0/s1. The maximum Gasteiger partial charge on any atom is 0.314 e. The van der Waals surface area contributed by atoms with Crippen molar-refractivity contribution in [1.82, 2.24) is 10.6 Å². The number of carboxylic acid groups (broad SMARTS) is 1. The van der Waals surface area contributed by atoms with Crippen LogP contribution in [0.4, 0.5) is 4.79 Å². The molecule has 0 radical (unpaired) electrons. The lowest BCUT2D eigenvalue weighted by atomic mass is 9.94. The molecular weight excluding hydrogens is 256 g/mol. The lowest BCUT2D eigenvalue weighted by Gasteiger charge is -2.18. The molecule has 0 heterocycles. The average Bonchev–Trinajstić information content (AvgIpc) is 2.34. The SMILES string of the molecule is CCCCCCNC(=O)NC[C@H](CC(=O)O)CC(C)C. The zero-order valence-electron chi connectivity index (χ0n) is 13.1. The van der Waals surface area contributed by atoms with E-state index >= 15 is 0 Å². The van der Waals surface area contributed by atoms with Crippen LogP contribution in [0.3, 0.4) is 0 Å². The van der Waals surface area contributed by atoms with Crippen molar-refractivity contribution in [3.8, 4) is 0 Å². The number of hydrogen-bond acceptors (Lipinski definition) is 2. The predicted molar refractivity (Wildman–Crippen MR) is 80.7 cm³/mol. The summed E-state index contributed by atoms with van der Waals surface area (Å²) in [6.45, 7) is 7.37. The number of carbonyl (C=O) groups is 2. The van der Waals surface area contributed by atoms with Crippen molar-refractivity contribution in [2.24, 2.45) is 11.8 Å². The fourth-order valence-corrected chi connectivity index (χ4v) is 2.21. The van der Waals surface area contributed by atoms with E-state index in [0.29, 0.717) is 19.0 Å². The highest BCUT2D eigenvalue weighted by molar-refractivity contribution is 5.74. The molecule has 118 valence electrons. The lowest BCUT2D eigenvalue weighted by molar-refractivity contribution is -0.138. The molecular formula is C15H30N2O3. The van der Waals surface area contributed by atoms with E-state index in [2.05, 4.69) is 31.4 Å². The Morgan fingerprint density at radius 3 is 2.35 bits per heavy atom. The van der Waals surface area contributed by atoms with Crippen LogP contribution in [-0.2, 0) is 4.79 Å². The van der Waals surface area contributed by atoms with E-state index in [1.165, 1.54) is 12.8 Å². The van der Waals surface area contributed by atoms with E-state index in [9.17, 15) is 9.59 Å². The van der Waals surface area contributed by atoms with Crippen molar-refractivity contribution < 1.29 is 14.7 Å². The van der Waals surface area contributed by atoms with Gasteiger partial charge >= 0.3 is 12.0 Å². The predicted octanol–water partition coefficient (Wildman–Crippen LogP) is 3.00. The minimum Gasteiger partial charge on any atom is -0.481 e. The van der Waals surface area contributed by atoms with Crippen molar-refractivity contribution in [2.75, 3.05) is 13.1 Å². The minimum absolute atomic E-state index is 0.00154. The number of carbonyl (C=O) groups excluding carboxylic acids is 1. The Morgan fingerprint density at radius 2 is 1.80 bits per heavy atom. The molecule has 0 unspecified atom stereocenters. The second-order valence-electron chi connectivity index (χ2n) is 5.79. The summed E-state index contributed by atoms with van der Waals surface area (Å²) in [6.07, 6.45) is 5.41. The van der Waals surface area contributed by atoms with Crippen molar-refractivity contribution in [2.45, 2.75) is 59.3 Å². The quantitative estimate of drug-likeness (QED) is 0.511. The highest BCUT2D eigenvalue weighted by Gasteiger charge is 2.15. The van der Waals surface area contributed by atoms with Gasteiger partial charge in [-0.2, -0.15) is 0 Å². The molecule has 0 aliphatic heterocycles. The van der Waals surface area contributed by atoms with Gasteiger partial charge in [-0.25, -0.2) is 4.79 Å². The molecule has 0 rings (SSSR count). The van der Waals surface area contributed by atoms with Gasteiger partial charge in [0.25, 0.3) is 0 Å². The first-order chi connectivity index (χ1) is 9.45. The van der Waals surface area contributed by atoms with E-state index < -0.39 is 5.97 Å². The number of urea groups is 1. The number of hydrogen-bond donors (Lipinski definition) is 3. The van der Waals surface area contributed by atoms with E-state index in [0.717, 1.165) is 19.3 Å². The Hall–Kier alpha value is -1.26. The van der Waals surface area contributed by atoms with Crippen molar-refractivity contribution >= 4 is 12.0 Å². The highest BCUT2D eigenvalue weighted by Crippen LogP contribution is 2.14. The van der Waals surface area contributed by atoms with Crippen molar-refractivity contribution in [3.05, 3.63) is 0 Å². The molecule has 5 nitrogen and oxygen atoms in total. The molecule has 2 amide bonds. The topological polar surface area (TPSA) is 78.4 Å². The summed E-state index contributed by atoms with van der Waals surface area (Å²) in [6, 6.07) is -0.194. The molecule has 0 spiro atoms. The third-order valence-electron chi connectivity index (χ3n) is 3.14. The molecule has 0 aromatic rings. The zero-order valence-corrected chi connectivity index (χ0v) is 13.1. The van der Waals surface area contributed by atoms with Crippen LogP contribution in [0, 0.1) is 11.8 Å². The highest BCUT2D eigenvalue weighted by atomic mass is 16.4. The third kappa shape index (κ3) is 11.8. The maximum absolute atomic E-state index is 11.6. The third-order valence-corrected chi connectivity index (χ3v) is 3.14. The van der Waals surface area contributed by atoms with E-state index in [1.54, 1.807) is 0 Å². The van der Waals surface area contributed by atoms with Crippen LogP contribution in [0.5, 0.6) is 0 Å². The fourth-order valence-electron chi connectivity index (χ4n) is 2.21. The van der Waals surface area contributed by atoms with Gasteiger partial charge in [0.1, 0.15) is 0 Å². The molecule has 1 atom stereocenters. The molecule has 0 aliphatic carbocycles. The Morgan fingerprint density at radius 1 is 1.10 bits per heavy atom. The normalized spacial score (nSPS) is 12.2. The molecule has 0 bridgehead atoms. The summed E-state index contributed by atoms with van der Waals surface area (Å²) in [5.74, 6) is -0.381. The van der Waals surface area contributed by atoms with Crippen molar-refractivity contribution in [3.63, 3.8) is 0 Å². The van der Waals surface area contributed by atoms with E-state index in [1.807, 2.05) is 0 Å². The Bertz CT molecular complexity index is 280. The van der Waals surface area contributed by atoms with Gasteiger partial charge in [-0.1, -0.05) is 40.0 Å². The Kier molecular flexibility index (Phi) is 10.8. The molecule has 0 saturated carbocycles. The van der Waals surface area contributed by atoms with Gasteiger partial charge < -0.3 is 15.7 Å². The van der Waals surface area contributed by atoms with Crippen LogP contribution in [0.2, 0.25) is 0 Å². The van der Waals surface area contributed by atoms with Gasteiger partial charge in [-0.05, 0) is 24.7 Å². The van der Waals surface area contributed by atoms with Crippen molar-refractivity contribution in [1.29, 1.82) is 0 Å². The summed E-state index contributed by atoms with van der Waals surface area (Å²) in [5, 5.41) is 14.4. The minimum atomic E-state index is -0.808. The molecule has 0 aromatic carbocycles. The number of aliphatic carboxylic acids is 1. The van der Waals surface area contributed by atoms with E-state index in [4.69, 9.17) is 5.11 Å². The average molecular weight is 286 g/mol. The molecule has 0 aliphatic rings. The molecule has 20 heavy (non-hydrogen) atoms. The van der Waals surface area contributed by atoms with Crippen LogP contribution in [0.15, 0.2) is 0 Å². The van der Waals surface area contributed by atoms with Gasteiger partial charge in [0, 0.05) is 19.5 Å². The molecule has 0 aromatic heterocycles. The Balaban J connectivity index is 3.83. The molecule has 5 heteroatoms. The zero-order chi connectivity index (χ0) is 15.4. The summed E-state index contributed by atoms with van der Waals surface area (Å²) < 4.78 is 0. The Labute approximate surface area is 122 Å². The number of amides is 2. The van der Waals surface area contributed by atoms with Gasteiger partial charge in [0.2, 0.25) is 0 Å². The first-order valence-corrected chi connectivity index (χ1v) is 7.69. The molecule has 0 saturated heterocycles. The second-order valence-corrected chi connectivity index (χ2v) is 5.79. The summed E-state index contributed by atoms with van der Waals surface area (Å²) in [4.78, 5) is 22.4. The van der Waals surface area contributed by atoms with Crippen LogP contribution >= 0.6 is 0 Å². The molecule has 3 N–H and O–H groups in total. The monoisotopic (exact) mass is 286 g/mol. The van der Waals surface area contributed by atoms with Gasteiger partial charge in [-0.3, -0.25) is 4.79 Å². The smallest absolute Gasteiger partial charge is 0.314 e. The first kappa shape index (κ1) is 18.7. The largest absolute Gasteiger partial charge is 0.481 e. The van der Waals surface area contributed by atoms with E-state index in [-0.39, 0.29) is 18.4 Å². The maximum atomic E-state index is 11.6. The number of carboxylic acids is 1. The van der Waals surface area contributed by atoms with Gasteiger partial charge in [-0.15, -0.1) is 0 Å².